The molecule has 1 fully saturated rings. The summed E-state index contributed by atoms with van der Waals surface area (Å²) in [7, 11) is -2.84. The molecule has 3 unspecified atom stereocenters. The Labute approximate surface area is 92.1 Å². The smallest absolute Gasteiger partial charge is 0.147 e. The average molecular weight is 235 g/mol. The first-order valence-electron chi connectivity index (χ1n) is 5.45. The fraction of sp³-hybridized carbons (Fsp3) is 1.00. The van der Waals surface area contributed by atoms with Crippen molar-refractivity contribution in [1.29, 1.82) is 0 Å². The lowest BCUT2D eigenvalue weighted by Gasteiger charge is -2.21. The van der Waals surface area contributed by atoms with E-state index < -0.39 is 9.84 Å². The number of hydrogen-bond donors (Lipinski definition) is 1. The third kappa shape index (κ3) is 4.49. The summed E-state index contributed by atoms with van der Waals surface area (Å²) in [6.07, 6.45) is 3.91. The van der Waals surface area contributed by atoms with Crippen LogP contribution in [0.1, 0.15) is 26.2 Å². The molecule has 1 heterocycles. The van der Waals surface area contributed by atoms with Gasteiger partial charge in [0.15, 0.2) is 0 Å². The van der Waals surface area contributed by atoms with Crippen LogP contribution in [-0.2, 0) is 14.6 Å². The van der Waals surface area contributed by atoms with E-state index in [0.29, 0.717) is 12.3 Å². The topological polar surface area (TPSA) is 69.4 Å². The van der Waals surface area contributed by atoms with E-state index in [9.17, 15) is 8.42 Å². The molecule has 0 aromatic heterocycles. The van der Waals surface area contributed by atoms with Gasteiger partial charge in [0.05, 0.1) is 6.10 Å². The maximum absolute atomic E-state index is 10.9. The highest BCUT2D eigenvalue weighted by Gasteiger charge is 2.29. The van der Waals surface area contributed by atoms with Crippen LogP contribution < -0.4 is 5.73 Å². The van der Waals surface area contributed by atoms with Crippen molar-refractivity contribution >= 4 is 9.84 Å². The van der Waals surface area contributed by atoms with Gasteiger partial charge in [-0.25, -0.2) is 8.42 Å². The van der Waals surface area contributed by atoms with Gasteiger partial charge < -0.3 is 10.5 Å². The standard InChI is InChI=1S/C10H21NO3S/c1-8-9(5-6-14-8)10(11)4-3-7-15(2,12)13/h8-10H,3-7,11H2,1-2H3. The zero-order valence-corrected chi connectivity index (χ0v) is 10.3. The summed E-state index contributed by atoms with van der Waals surface area (Å²) >= 11 is 0. The van der Waals surface area contributed by atoms with Crippen molar-refractivity contribution in [3.05, 3.63) is 0 Å². The summed E-state index contributed by atoms with van der Waals surface area (Å²) in [5, 5.41) is 0. The molecule has 0 amide bonds. The van der Waals surface area contributed by atoms with E-state index in [1.165, 1.54) is 6.26 Å². The van der Waals surface area contributed by atoms with Crippen molar-refractivity contribution in [2.45, 2.75) is 38.3 Å². The quantitative estimate of drug-likeness (QED) is 0.756. The second-order valence-corrected chi connectivity index (χ2v) is 6.72. The largest absolute Gasteiger partial charge is 0.378 e. The Bertz CT molecular complexity index is 289. The average Bonchev–Trinajstić information content (AvgIpc) is 2.48. The van der Waals surface area contributed by atoms with Gasteiger partial charge in [0.2, 0.25) is 0 Å². The number of hydrogen-bond acceptors (Lipinski definition) is 4. The van der Waals surface area contributed by atoms with Gasteiger partial charge in [0.1, 0.15) is 9.84 Å². The highest BCUT2D eigenvalue weighted by Crippen LogP contribution is 2.24. The Kier molecular flexibility index (Phi) is 4.55. The van der Waals surface area contributed by atoms with Crippen molar-refractivity contribution in [1.82, 2.24) is 0 Å². The van der Waals surface area contributed by atoms with Gasteiger partial charge in [-0.1, -0.05) is 0 Å². The van der Waals surface area contributed by atoms with E-state index in [4.69, 9.17) is 10.5 Å². The number of nitrogens with two attached hydrogens (primary N) is 1. The van der Waals surface area contributed by atoms with E-state index in [1.807, 2.05) is 6.92 Å². The van der Waals surface area contributed by atoms with E-state index in [0.717, 1.165) is 19.4 Å². The van der Waals surface area contributed by atoms with Crippen LogP contribution in [0.5, 0.6) is 0 Å². The zero-order chi connectivity index (χ0) is 11.5. The van der Waals surface area contributed by atoms with Crippen LogP contribution in [0, 0.1) is 5.92 Å². The van der Waals surface area contributed by atoms with E-state index in [2.05, 4.69) is 0 Å². The summed E-state index contributed by atoms with van der Waals surface area (Å²) in [5.74, 6) is 0.632. The van der Waals surface area contributed by atoms with Gasteiger partial charge in [-0.3, -0.25) is 0 Å². The Hall–Kier alpha value is -0.130. The molecule has 0 saturated carbocycles. The minimum absolute atomic E-state index is 0.0734. The lowest BCUT2D eigenvalue weighted by Crippen LogP contribution is -2.34. The Balaban J connectivity index is 2.27. The second-order valence-electron chi connectivity index (χ2n) is 4.46. The summed E-state index contributed by atoms with van der Waals surface area (Å²) in [6, 6.07) is 0.0734. The van der Waals surface area contributed by atoms with Gasteiger partial charge in [-0.2, -0.15) is 0 Å². The molecule has 15 heavy (non-hydrogen) atoms. The van der Waals surface area contributed by atoms with Crippen molar-refractivity contribution in [3.8, 4) is 0 Å². The first kappa shape index (κ1) is 12.9. The molecule has 1 saturated heterocycles. The molecule has 1 rings (SSSR count). The Morgan fingerprint density at radius 1 is 1.53 bits per heavy atom. The van der Waals surface area contributed by atoms with Crippen LogP contribution in [0.15, 0.2) is 0 Å². The monoisotopic (exact) mass is 235 g/mol. The predicted octanol–water partition coefficient (Wildman–Crippen LogP) is 0.563. The van der Waals surface area contributed by atoms with Gasteiger partial charge in [-0.15, -0.1) is 0 Å². The number of ether oxygens (including phenoxy) is 1. The normalized spacial score (nSPS) is 29.3. The van der Waals surface area contributed by atoms with Crippen molar-refractivity contribution < 1.29 is 13.2 Å². The molecule has 4 nitrogen and oxygen atoms in total. The van der Waals surface area contributed by atoms with Gasteiger partial charge in [0.25, 0.3) is 0 Å². The van der Waals surface area contributed by atoms with Crippen LogP contribution in [0.2, 0.25) is 0 Å². The third-order valence-electron chi connectivity index (χ3n) is 3.04. The van der Waals surface area contributed by atoms with Crippen LogP contribution in [0.4, 0.5) is 0 Å². The first-order chi connectivity index (χ1) is 6.90. The van der Waals surface area contributed by atoms with Crippen molar-refractivity contribution in [3.63, 3.8) is 0 Å². The molecule has 2 N–H and O–H groups in total. The van der Waals surface area contributed by atoms with Gasteiger partial charge in [0, 0.05) is 30.6 Å². The third-order valence-corrected chi connectivity index (χ3v) is 4.07. The molecular formula is C10H21NO3S. The highest BCUT2D eigenvalue weighted by molar-refractivity contribution is 7.90. The number of sulfone groups is 1. The molecule has 0 bridgehead atoms. The number of rotatable bonds is 5. The lowest BCUT2D eigenvalue weighted by molar-refractivity contribution is 0.0986. The maximum Gasteiger partial charge on any atom is 0.147 e. The summed E-state index contributed by atoms with van der Waals surface area (Å²) in [6.45, 7) is 2.82. The van der Waals surface area contributed by atoms with Gasteiger partial charge >= 0.3 is 0 Å². The van der Waals surface area contributed by atoms with Crippen LogP contribution in [-0.4, -0.2) is 39.2 Å². The predicted molar refractivity (Wildman–Crippen MR) is 60.4 cm³/mol. The molecule has 0 aromatic carbocycles. The van der Waals surface area contributed by atoms with Crippen molar-refractivity contribution in [2.24, 2.45) is 11.7 Å². The summed E-state index contributed by atoms with van der Waals surface area (Å²) < 4.78 is 27.3. The van der Waals surface area contributed by atoms with Crippen LogP contribution in [0.3, 0.4) is 0 Å². The molecule has 1 aliphatic rings. The molecule has 3 atom stereocenters. The van der Waals surface area contributed by atoms with Crippen molar-refractivity contribution in [2.75, 3.05) is 18.6 Å². The molecule has 1 aliphatic heterocycles. The molecule has 0 aromatic rings. The fourth-order valence-corrected chi connectivity index (χ4v) is 2.80. The zero-order valence-electron chi connectivity index (χ0n) is 9.48. The fourth-order valence-electron chi connectivity index (χ4n) is 2.11. The maximum atomic E-state index is 10.9. The second kappa shape index (κ2) is 5.27. The minimum Gasteiger partial charge on any atom is -0.378 e. The van der Waals surface area contributed by atoms with Gasteiger partial charge in [-0.05, 0) is 26.2 Å². The summed E-state index contributed by atoms with van der Waals surface area (Å²) in [4.78, 5) is 0. The molecule has 0 aliphatic carbocycles. The van der Waals surface area contributed by atoms with E-state index in [1.54, 1.807) is 0 Å². The van der Waals surface area contributed by atoms with Crippen LogP contribution >= 0.6 is 0 Å². The van der Waals surface area contributed by atoms with E-state index in [-0.39, 0.29) is 17.9 Å². The SMILES string of the molecule is CC1OCCC1C(N)CCCS(C)(=O)=O. The minimum atomic E-state index is -2.84. The lowest BCUT2D eigenvalue weighted by atomic mass is 9.91. The first-order valence-corrected chi connectivity index (χ1v) is 7.51. The van der Waals surface area contributed by atoms with Crippen LogP contribution in [0.25, 0.3) is 0 Å². The molecule has 5 heteroatoms. The highest BCUT2D eigenvalue weighted by atomic mass is 32.2. The summed E-state index contributed by atoms with van der Waals surface area (Å²) in [5.41, 5.74) is 6.02. The molecule has 90 valence electrons. The molecule has 0 spiro atoms. The Morgan fingerprint density at radius 3 is 2.67 bits per heavy atom. The van der Waals surface area contributed by atoms with E-state index >= 15 is 0 Å². The molecular weight excluding hydrogens is 214 g/mol. The Morgan fingerprint density at radius 2 is 2.20 bits per heavy atom. The molecule has 0 radical (unpaired) electrons.